The first-order valence-corrected chi connectivity index (χ1v) is 7.59. The van der Waals surface area contributed by atoms with Crippen LogP contribution in [0.25, 0.3) is 28.2 Å². The van der Waals surface area contributed by atoms with Crippen molar-refractivity contribution in [2.24, 2.45) is 0 Å². The van der Waals surface area contributed by atoms with Crippen LogP contribution in [-0.4, -0.2) is 19.7 Å². The lowest BCUT2D eigenvalue weighted by molar-refractivity contribution is 0.619. The maximum atomic E-state index is 6.18. The van der Waals surface area contributed by atoms with E-state index in [0.717, 1.165) is 16.8 Å². The summed E-state index contributed by atoms with van der Waals surface area (Å²) in [4.78, 5) is 4.51. The second-order valence-corrected chi connectivity index (χ2v) is 5.92. The second kappa shape index (κ2) is 5.37. The summed E-state index contributed by atoms with van der Waals surface area (Å²) < 4.78 is 7.69. The van der Waals surface area contributed by atoms with E-state index in [9.17, 15) is 0 Å². The molecule has 0 fully saturated rings. The van der Waals surface area contributed by atoms with Gasteiger partial charge in [0.05, 0.1) is 10.7 Å². The number of halogens is 2. The van der Waals surface area contributed by atoms with E-state index < -0.39 is 0 Å². The molecule has 7 heteroatoms. The van der Waals surface area contributed by atoms with Gasteiger partial charge in [-0.25, -0.2) is 4.98 Å². The zero-order valence-corrected chi connectivity index (χ0v) is 13.5. The molecule has 0 aliphatic rings. The molecule has 4 aromatic rings. The van der Waals surface area contributed by atoms with Gasteiger partial charge in [-0.15, -0.1) is 10.2 Å². The second-order valence-electron chi connectivity index (χ2n) is 5.07. The average Bonchev–Trinajstić information content (AvgIpc) is 3.16. The summed E-state index contributed by atoms with van der Waals surface area (Å²) in [5.74, 6) is 0.497. The van der Waals surface area contributed by atoms with Gasteiger partial charge < -0.3 is 4.42 Å². The lowest BCUT2D eigenvalue weighted by Gasteiger charge is -2.08. The summed E-state index contributed by atoms with van der Waals surface area (Å²) in [7, 11) is 0. The van der Waals surface area contributed by atoms with E-state index in [1.165, 1.54) is 0 Å². The molecule has 0 saturated carbocycles. The van der Waals surface area contributed by atoms with Gasteiger partial charge >= 0.3 is 0 Å². The van der Waals surface area contributed by atoms with E-state index in [-0.39, 0.29) is 0 Å². The third kappa shape index (κ3) is 2.38. The van der Waals surface area contributed by atoms with Gasteiger partial charge in [-0.3, -0.25) is 4.57 Å². The molecular formula is C16H10Cl2N4O. The summed E-state index contributed by atoms with van der Waals surface area (Å²) in [5.41, 5.74) is 3.99. The fraction of sp³-hybridized carbons (Fsp3) is 0.0625. The van der Waals surface area contributed by atoms with Gasteiger partial charge in [0.25, 0.3) is 0 Å². The van der Waals surface area contributed by atoms with Crippen LogP contribution in [0.2, 0.25) is 10.0 Å². The minimum absolute atomic E-state index is 0.443. The van der Waals surface area contributed by atoms with Crippen LogP contribution in [0, 0.1) is 6.92 Å². The van der Waals surface area contributed by atoms with Crippen molar-refractivity contribution in [2.75, 3.05) is 0 Å². The number of oxazole rings is 1. The van der Waals surface area contributed by atoms with Gasteiger partial charge in [-0.1, -0.05) is 29.3 Å². The molecule has 0 unspecified atom stereocenters. The molecule has 23 heavy (non-hydrogen) atoms. The Bertz CT molecular complexity index is 1010. The molecule has 0 N–H and O–H groups in total. The average molecular weight is 345 g/mol. The fourth-order valence-corrected chi connectivity index (χ4v) is 3.06. The summed E-state index contributed by atoms with van der Waals surface area (Å²) in [6.45, 7) is 1.99. The molecule has 0 amide bonds. The number of nitrogens with zero attached hydrogens (tertiary/aromatic N) is 4. The van der Waals surface area contributed by atoms with E-state index in [4.69, 9.17) is 27.6 Å². The summed E-state index contributed by atoms with van der Waals surface area (Å²) in [5, 5.41) is 8.65. The predicted octanol–water partition coefficient (Wildman–Crippen LogP) is 4.69. The quantitative estimate of drug-likeness (QED) is 0.529. The Morgan fingerprint density at radius 2 is 1.87 bits per heavy atom. The van der Waals surface area contributed by atoms with Crippen molar-refractivity contribution < 1.29 is 4.42 Å². The zero-order valence-electron chi connectivity index (χ0n) is 12.0. The van der Waals surface area contributed by atoms with Crippen LogP contribution in [0.15, 0.2) is 47.4 Å². The van der Waals surface area contributed by atoms with E-state index in [1.54, 1.807) is 24.8 Å². The fourth-order valence-electron chi connectivity index (χ4n) is 2.53. The molecule has 4 rings (SSSR count). The molecule has 0 aliphatic carbocycles. The third-order valence-electron chi connectivity index (χ3n) is 3.64. The largest absolute Gasteiger partial charge is 0.434 e. The smallest absolute Gasteiger partial charge is 0.227 e. The molecule has 2 heterocycles. The van der Waals surface area contributed by atoms with Crippen LogP contribution in [0.5, 0.6) is 0 Å². The van der Waals surface area contributed by atoms with E-state index in [2.05, 4.69) is 15.2 Å². The SMILES string of the molecule is Cc1c(-c2nc3cc(Cl)cc(Cl)c3o2)cccc1-n1cnnc1. The predicted molar refractivity (Wildman–Crippen MR) is 89.1 cm³/mol. The standard InChI is InChI=1S/C16H10Cl2N4O/c1-9-11(3-2-4-14(9)22-7-19-20-8-22)16-21-13-6-10(17)5-12(18)15(13)23-16/h2-8H,1H3. The topological polar surface area (TPSA) is 56.7 Å². The van der Waals surface area contributed by atoms with E-state index in [0.29, 0.717) is 27.0 Å². The van der Waals surface area contributed by atoms with Crippen molar-refractivity contribution in [3.8, 4) is 17.1 Å². The molecule has 0 atom stereocenters. The molecule has 2 aromatic heterocycles. The van der Waals surface area contributed by atoms with Crippen LogP contribution in [0.4, 0.5) is 0 Å². The molecule has 0 spiro atoms. The Labute approximate surface area is 141 Å². The van der Waals surface area contributed by atoms with Crippen molar-refractivity contribution in [2.45, 2.75) is 6.92 Å². The lowest BCUT2D eigenvalue weighted by atomic mass is 10.1. The molecule has 0 radical (unpaired) electrons. The Morgan fingerprint density at radius 1 is 1.09 bits per heavy atom. The maximum Gasteiger partial charge on any atom is 0.227 e. The van der Waals surface area contributed by atoms with Crippen molar-refractivity contribution >= 4 is 34.3 Å². The van der Waals surface area contributed by atoms with Crippen LogP contribution in [-0.2, 0) is 0 Å². The molecule has 5 nitrogen and oxygen atoms in total. The normalized spacial score (nSPS) is 11.3. The third-order valence-corrected chi connectivity index (χ3v) is 4.14. The van der Waals surface area contributed by atoms with Crippen LogP contribution in [0.1, 0.15) is 5.56 Å². The summed E-state index contributed by atoms with van der Waals surface area (Å²) >= 11 is 12.2. The Balaban J connectivity index is 1.91. The molecule has 0 saturated heterocycles. The van der Waals surface area contributed by atoms with Gasteiger partial charge in [0, 0.05) is 10.6 Å². The van der Waals surface area contributed by atoms with Crippen molar-refractivity contribution in [1.82, 2.24) is 19.7 Å². The summed E-state index contributed by atoms with van der Waals surface area (Å²) in [6.07, 6.45) is 3.30. The van der Waals surface area contributed by atoms with Gasteiger partial charge in [0.2, 0.25) is 5.89 Å². The van der Waals surface area contributed by atoms with Gasteiger partial charge in [0.15, 0.2) is 5.58 Å². The number of rotatable bonds is 2. The zero-order chi connectivity index (χ0) is 16.0. The highest BCUT2D eigenvalue weighted by atomic mass is 35.5. The number of fused-ring (bicyclic) bond motifs is 1. The number of benzene rings is 2. The maximum absolute atomic E-state index is 6.18. The van der Waals surface area contributed by atoms with E-state index in [1.807, 2.05) is 29.7 Å². The highest BCUT2D eigenvalue weighted by Gasteiger charge is 2.15. The number of hydrogen-bond donors (Lipinski definition) is 0. The summed E-state index contributed by atoms with van der Waals surface area (Å²) in [6, 6.07) is 9.23. The first-order valence-electron chi connectivity index (χ1n) is 6.84. The van der Waals surface area contributed by atoms with Gasteiger partial charge in [-0.05, 0) is 36.8 Å². The number of hydrogen-bond acceptors (Lipinski definition) is 4. The van der Waals surface area contributed by atoms with Crippen molar-refractivity contribution in [1.29, 1.82) is 0 Å². The Hall–Kier alpha value is -2.37. The van der Waals surface area contributed by atoms with E-state index >= 15 is 0 Å². The van der Waals surface area contributed by atoms with Crippen molar-refractivity contribution in [3.63, 3.8) is 0 Å². The van der Waals surface area contributed by atoms with Crippen LogP contribution < -0.4 is 0 Å². The first-order chi connectivity index (χ1) is 11.1. The first kappa shape index (κ1) is 14.2. The monoisotopic (exact) mass is 344 g/mol. The minimum atomic E-state index is 0.443. The molecule has 114 valence electrons. The molecule has 2 aromatic carbocycles. The van der Waals surface area contributed by atoms with Gasteiger partial charge in [-0.2, -0.15) is 0 Å². The molecule has 0 bridgehead atoms. The van der Waals surface area contributed by atoms with Crippen LogP contribution in [0.3, 0.4) is 0 Å². The highest BCUT2D eigenvalue weighted by molar-refractivity contribution is 6.38. The van der Waals surface area contributed by atoms with Gasteiger partial charge in [0.1, 0.15) is 18.2 Å². The molecule has 0 aliphatic heterocycles. The van der Waals surface area contributed by atoms with Crippen LogP contribution >= 0.6 is 23.2 Å². The lowest BCUT2D eigenvalue weighted by Crippen LogP contribution is -1.96. The van der Waals surface area contributed by atoms with Crippen molar-refractivity contribution in [3.05, 3.63) is 58.6 Å². The molecular weight excluding hydrogens is 335 g/mol. The Kier molecular flexibility index (Phi) is 3.32. The minimum Gasteiger partial charge on any atom is -0.434 e. The highest BCUT2D eigenvalue weighted by Crippen LogP contribution is 2.34. The Morgan fingerprint density at radius 3 is 2.65 bits per heavy atom. The number of aromatic nitrogens is 4.